The molecule has 2 amide bonds. The maximum Gasteiger partial charge on any atom is 0.287 e. The van der Waals surface area contributed by atoms with Gasteiger partial charge in [-0.2, -0.15) is 8.42 Å². The summed E-state index contributed by atoms with van der Waals surface area (Å²) in [6.07, 6.45) is 0.861. The fourth-order valence-electron chi connectivity index (χ4n) is 2.27. The second-order valence-corrected chi connectivity index (χ2v) is 8.59. The normalized spacial score (nSPS) is 18.8. The average Bonchev–Trinajstić information content (AvgIpc) is 2.84. The number of hydrogen-bond acceptors (Lipinski definition) is 9. The number of carbonyl (C=O) groups is 2. The standard InChI is InChI=1S/C13H13N3O7S3/c1-2-8(9-4-3-7(6-14-9)16(19)20)13(24)25-15-11(17)5-10(12(15)18)26(21,22)23/h3-4,6,8,10H,2,5H2,1H3,(H,21,22,23). The van der Waals surface area contributed by atoms with Crippen LogP contribution < -0.4 is 0 Å². The number of thiocarbonyl (C=S) groups is 1. The van der Waals surface area contributed by atoms with E-state index in [-0.39, 0.29) is 9.88 Å². The molecule has 0 aliphatic carbocycles. The van der Waals surface area contributed by atoms with E-state index >= 15 is 0 Å². The zero-order valence-electron chi connectivity index (χ0n) is 13.3. The van der Waals surface area contributed by atoms with E-state index in [0.717, 1.165) is 6.20 Å². The van der Waals surface area contributed by atoms with Crippen molar-refractivity contribution in [2.45, 2.75) is 30.9 Å². The number of pyridine rings is 1. The predicted molar refractivity (Wildman–Crippen MR) is 95.9 cm³/mol. The molecule has 1 fully saturated rings. The monoisotopic (exact) mass is 419 g/mol. The number of imide groups is 1. The molecule has 140 valence electrons. The van der Waals surface area contributed by atoms with E-state index in [0.29, 0.717) is 28.4 Å². The highest BCUT2D eigenvalue weighted by molar-refractivity contribution is 8.22. The zero-order valence-corrected chi connectivity index (χ0v) is 15.7. The number of aromatic nitrogens is 1. The van der Waals surface area contributed by atoms with E-state index in [4.69, 9.17) is 16.8 Å². The lowest BCUT2D eigenvalue weighted by Crippen LogP contribution is -2.32. The molecule has 1 aromatic rings. The lowest BCUT2D eigenvalue weighted by molar-refractivity contribution is -0.385. The molecule has 2 atom stereocenters. The molecule has 2 unspecified atom stereocenters. The molecule has 2 heterocycles. The van der Waals surface area contributed by atoms with Crippen LogP contribution in [0.5, 0.6) is 0 Å². The molecular weight excluding hydrogens is 406 g/mol. The van der Waals surface area contributed by atoms with Gasteiger partial charge >= 0.3 is 0 Å². The number of carbonyl (C=O) groups excluding carboxylic acids is 2. The van der Waals surface area contributed by atoms with Crippen LogP contribution in [0.1, 0.15) is 31.4 Å². The molecule has 26 heavy (non-hydrogen) atoms. The van der Waals surface area contributed by atoms with Crippen LogP contribution in [-0.4, -0.2) is 48.4 Å². The average molecular weight is 419 g/mol. The van der Waals surface area contributed by atoms with Gasteiger partial charge in [0, 0.05) is 29.6 Å². The van der Waals surface area contributed by atoms with E-state index in [2.05, 4.69) is 4.98 Å². The van der Waals surface area contributed by atoms with Gasteiger partial charge in [0.25, 0.3) is 21.7 Å². The SMILES string of the molecule is CCC(C(=S)SN1C(=O)CC(S(=O)(=O)O)C1=O)c1ccc([N+](=O)[O-])cn1. The van der Waals surface area contributed by atoms with Gasteiger partial charge in [-0.3, -0.25) is 29.2 Å². The van der Waals surface area contributed by atoms with Gasteiger partial charge in [0.05, 0.1) is 15.5 Å². The number of nitro groups is 1. The Bertz CT molecular complexity index is 869. The van der Waals surface area contributed by atoms with Crippen molar-refractivity contribution < 1.29 is 27.5 Å². The number of rotatable bonds is 6. The molecule has 10 nitrogen and oxygen atoms in total. The van der Waals surface area contributed by atoms with Gasteiger partial charge in [-0.1, -0.05) is 19.1 Å². The van der Waals surface area contributed by atoms with Crippen molar-refractivity contribution in [3.05, 3.63) is 34.1 Å². The van der Waals surface area contributed by atoms with E-state index in [9.17, 15) is 28.1 Å². The summed E-state index contributed by atoms with van der Waals surface area (Å²) < 4.78 is 32.2. The third-order valence-corrected chi connectivity index (χ3v) is 6.26. The van der Waals surface area contributed by atoms with Crippen LogP contribution >= 0.6 is 24.2 Å². The van der Waals surface area contributed by atoms with Crippen molar-refractivity contribution in [3.63, 3.8) is 0 Å². The largest absolute Gasteiger partial charge is 0.287 e. The molecule has 0 radical (unpaired) electrons. The lowest BCUT2D eigenvalue weighted by Gasteiger charge is -2.19. The van der Waals surface area contributed by atoms with Crippen LogP contribution in [0.4, 0.5) is 5.69 Å². The first-order valence-electron chi connectivity index (χ1n) is 7.21. The molecule has 1 N–H and O–H groups in total. The van der Waals surface area contributed by atoms with Gasteiger partial charge in [0.15, 0.2) is 5.25 Å². The van der Waals surface area contributed by atoms with Crippen molar-refractivity contribution in [2.24, 2.45) is 0 Å². The first kappa shape index (κ1) is 20.4. The van der Waals surface area contributed by atoms with E-state index in [1.54, 1.807) is 6.92 Å². The van der Waals surface area contributed by atoms with Crippen LogP contribution in [0.2, 0.25) is 0 Å². The predicted octanol–water partition coefficient (Wildman–Crippen LogP) is 1.47. The summed E-state index contributed by atoms with van der Waals surface area (Å²) in [4.78, 5) is 38.0. The number of nitrogens with zero attached hydrogens (tertiary/aromatic N) is 3. The van der Waals surface area contributed by atoms with Crippen molar-refractivity contribution in [2.75, 3.05) is 0 Å². The summed E-state index contributed by atoms with van der Waals surface area (Å²) >= 11 is 5.84. The first-order valence-corrected chi connectivity index (χ1v) is 9.90. The molecular formula is C13H13N3O7S3. The lowest BCUT2D eigenvalue weighted by atomic mass is 10.0. The van der Waals surface area contributed by atoms with E-state index in [1.165, 1.54) is 12.1 Å². The summed E-state index contributed by atoms with van der Waals surface area (Å²) in [5.41, 5.74) is 0.226. The smallest absolute Gasteiger partial charge is 0.285 e. The highest BCUT2D eigenvalue weighted by Crippen LogP contribution is 2.33. The Morgan fingerprint density at radius 1 is 1.54 bits per heavy atom. The Morgan fingerprint density at radius 2 is 2.19 bits per heavy atom. The minimum absolute atomic E-state index is 0.173. The molecule has 0 aromatic carbocycles. The fourth-order valence-corrected chi connectivity index (χ4v) is 4.55. The first-order chi connectivity index (χ1) is 12.1. The zero-order chi connectivity index (χ0) is 19.6. The highest BCUT2D eigenvalue weighted by atomic mass is 32.2. The highest BCUT2D eigenvalue weighted by Gasteiger charge is 2.47. The van der Waals surface area contributed by atoms with E-state index in [1.807, 2.05) is 0 Å². The molecule has 2 rings (SSSR count). The Labute approximate surface area is 158 Å². The van der Waals surface area contributed by atoms with Gasteiger partial charge in [-0.05, 0) is 12.5 Å². The van der Waals surface area contributed by atoms with Crippen LogP contribution in [0.15, 0.2) is 18.3 Å². The summed E-state index contributed by atoms with van der Waals surface area (Å²) in [5, 5.41) is 8.85. The van der Waals surface area contributed by atoms with Gasteiger partial charge < -0.3 is 0 Å². The van der Waals surface area contributed by atoms with Crippen LogP contribution in [0.3, 0.4) is 0 Å². The molecule has 1 aliphatic heterocycles. The Kier molecular flexibility index (Phi) is 6.05. The Morgan fingerprint density at radius 3 is 2.62 bits per heavy atom. The quantitative estimate of drug-likeness (QED) is 0.179. The number of amides is 2. The molecule has 1 aromatic heterocycles. The molecule has 1 aliphatic rings. The molecule has 13 heteroatoms. The minimum Gasteiger partial charge on any atom is -0.285 e. The summed E-state index contributed by atoms with van der Waals surface area (Å²) in [5.74, 6) is -2.34. The second kappa shape index (κ2) is 7.73. The van der Waals surface area contributed by atoms with Gasteiger partial charge in [-0.25, -0.2) is 4.31 Å². The maximum atomic E-state index is 12.1. The number of hydrogen-bond donors (Lipinski definition) is 1. The van der Waals surface area contributed by atoms with Gasteiger partial charge in [-0.15, -0.1) is 0 Å². The maximum absolute atomic E-state index is 12.1. The van der Waals surface area contributed by atoms with Gasteiger partial charge in [0.1, 0.15) is 6.20 Å². The molecule has 0 saturated carbocycles. The fraction of sp³-hybridized carbons (Fsp3) is 0.385. The topological polar surface area (TPSA) is 148 Å². The third kappa shape index (κ3) is 4.23. The molecule has 0 spiro atoms. The van der Waals surface area contributed by atoms with Crippen molar-refractivity contribution in [1.29, 1.82) is 0 Å². The second-order valence-electron chi connectivity index (χ2n) is 5.30. The van der Waals surface area contributed by atoms with Crippen molar-refractivity contribution in [1.82, 2.24) is 9.29 Å². The van der Waals surface area contributed by atoms with Gasteiger partial charge in [0.2, 0.25) is 5.91 Å². The van der Waals surface area contributed by atoms with E-state index < -0.39 is 44.4 Å². The molecule has 0 bridgehead atoms. The molecule has 1 saturated heterocycles. The van der Waals surface area contributed by atoms with Crippen LogP contribution in [0.25, 0.3) is 0 Å². The van der Waals surface area contributed by atoms with Crippen LogP contribution in [0, 0.1) is 10.1 Å². The Balaban J connectivity index is 2.18. The summed E-state index contributed by atoms with van der Waals surface area (Å²) in [6, 6.07) is 2.69. The summed E-state index contributed by atoms with van der Waals surface area (Å²) in [6.45, 7) is 1.77. The minimum atomic E-state index is -4.69. The third-order valence-electron chi connectivity index (χ3n) is 3.63. The Hall–Kier alpha value is -1.96. The van der Waals surface area contributed by atoms with Crippen molar-refractivity contribution >= 4 is 56.0 Å². The van der Waals surface area contributed by atoms with Crippen molar-refractivity contribution in [3.8, 4) is 0 Å². The summed E-state index contributed by atoms with van der Waals surface area (Å²) in [7, 11) is -4.69. The van der Waals surface area contributed by atoms with Crippen LogP contribution in [-0.2, 0) is 19.7 Å².